The van der Waals surface area contributed by atoms with Gasteiger partial charge in [-0.05, 0) is 66.8 Å². The quantitative estimate of drug-likeness (QED) is 0.678. The van der Waals surface area contributed by atoms with E-state index >= 15 is 0 Å². The highest BCUT2D eigenvalue weighted by molar-refractivity contribution is 5.96. The predicted octanol–water partition coefficient (Wildman–Crippen LogP) is 4.15. The Morgan fingerprint density at radius 3 is 2.89 bits per heavy atom. The van der Waals surface area contributed by atoms with Crippen LogP contribution < -0.4 is 0 Å². The second kappa shape index (κ2) is 3.24. The summed E-state index contributed by atoms with van der Waals surface area (Å²) in [5.41, 5.74) is 0.727. The summed E-state index contributed by atoms with van der Waals surface area (Å²) in [5.74, 6) is 2.61. The second-order valence-electron chi connectivity index (χ2n) is 8.25. The van der Waals surface area contributed by atoms with Gasteiger partial charge in [0.05, 0.1) is 0 Å². The van der Waals surface area contributed by atoms with Crippen LogP contribution >= 0.6 is 0 Å². The molecule has 6 atom stereocenters. The van der Waals surface area contributed by atoms with Gasteiger partial charge in [-0.25, -0.2) is 0 Å². The van der Waals surface area contributed by atoms with Crippen LogP contribution in [0.25, 0.3) is 0 Å². The Balaban J connectivity index is 1.86. The first-order valence-corrected chi connectivity index (χ1v) is 7.78. The molecule has 1 nitrogen and oxygen atoms in total. The number of hydrogen-bond acceptors (Lipinski definition) is 1. The Hall–Kier alpha value is -0.850. The normalized spacial score (nSPS) is 57.6. The molecule has 5 aliphatic rings. The van der Waals surface area contributed by atoms with Crippen molar-refractivity contribution in [2.24, 2.45) is 34.0 Å². The first-order valence-electron chi connectivity index (χ1n) is 7.78. The molecule has 0 aromatic carbocycles. The van der Waals surface area contributed by atoms with E-state index in [9.17, 15) is 4.79 Å². The zero-order valence-electron chi connectivity index (χ0n) is 12.1. The van der Waals surface area contributed by atoms with Crippen LogP contribution in [0.1, 0.15) is 46.0 Å². The number of carbonyl (C=O) groups is 1. The lowest BCUT2D eigenvalue weighted by Gasteiger charge is -2.55. The topological polar surface area (TPSA) is 17.1 Å². The summed E-state index contributed by atoms with van der Waals surface area (Å²) in [4.78, 5) is 12.5. The van der Waals surface area contributed by atoms with E-state index in [4.69, 9.17) is 0 Å². The summed E-state index contributed by atoms with van der Waals surface area (Å²) in [7, 11) is 0. The molecule has 0 aliphatic heterocycles. The molecule has 19 heavy (non-hydrogen) atoms. The average Bonchev–Trinajstić information content (AvgIpc) is 2.68. The Kier molecular flexibility index (Phi) is 2.04. The molecule has 0 amide bonds. The van der Waals surface area contributed by atoms with Gasteiger partial charge in [-0.2, -0.15) is 0 Å². The Morgan fingerprint density at radius 2 is 2.21 bits per heavy atom. The van der Waals surface area contributed by atoms with Crippen LogP contribution in [0.15, 0.2) is 24.8 Å². The fraction of sp³-hybridized carbons (Fsp3) is 0.722. The number of carbonyl (C=O) groups excluding carboxylic acids is 1. The minimum Gasteiger partial charge on any atom is -0.294 e. The van der Waals surface area contributed by atoms with Crippen molar-refractivity contribution >= 4 is 5.78 Å². The molecular weight excluding hydrogens is 232 g/mol. The van der Waals surface area contributed by atoms with Crippen molar-refractivity contribution in [1.82, 2.24) is 0 Å². The highest BCUT2D eigenvalue weighted by atomic mass is 16.1. The van der Waals surface area contributed by atoms with E-state index in [1.807, 2.05) is 12.2 Å². The summed E-state index contributed by atoms with van der Waals surface area (Å²) in [6.45, 7) is 8.61. The Labute approximate surface area is 116 Å². The summed E-state index contributed by atoms with van der Waals surface area (Å²) in [6.07, 6.45) is 12.4. The molecule has 0 aromatic rings. The molecule has 4 saturated carbocycles. The molecule has 4 bridgehead atoms. The van der Waals surface area contributed by atoms with Crippen molar-refractivity contribution in [2.45, 2.75) is 46.0 Å². The van der Waals surface area contributed by atoms with E-state index in [0.29, 0.717) is 22.5 Å². The van der Waals surface area contributed by atoms with Gasteiger partial charge in [0.15, 0.2) is 5.78 Å². The molecule has 0 aromatic heterocycles. The zero-order chi connectivity index (χ0) is 13.5. The molecule has 0 heterocycles. The Bertz CT molecular complexity index is 504. The maximum Gasteiger partial charge on any atom is 0.161 e. The minimum atomic E-state index is -0.183. The van der Waals surface area contributed by atoms with Gasteiger partial charge in [0, 0.05) is 5.41 Å². The third-order valence-corrected chi connectivity index (χ3v) is 7.14. The monoisotopic (exact) mass is 256 g/mol. The Morgan fingerprint density at radius 1 is 1.42 bits per heavy atom. The average molecular weight is 256 g/mol. The molecule has 1 heteroatoms. The summed E-state index contributed by atoms with van der Waals surface area (Å²) >= 11 is 0. The third-order valence-electron chi connectivity index (χ3n) is 7.14. The van der Waals surface area contributed by atoms with Crippen LogP contribution in [0.3, 0.4) is 0 Å². The maximum atomic E-state index is 12.5. The van der Waals surface area contributed by atoms with Gasteiger partial charge in [-0.1, -0.05) is 26.0 Å². The van der Waals surface area contributed by atoms with Crippen LogP contribution in [0.5, 0.6) is 0 Å². The van der Waals surface area contributed by atoms with Crippen molar-refractivity contribution in [3.63, 3.8) is 0 Å². The largest absolute Gasteiger partial charge is 0.294 e. The number of allylic oxidation sites excluding steroid dienone is 3. The van der Waals surface area contributed by atoms with Crippen LogP contribution in [0, 0.1) is 34.0 Å². The standard InChI is InChI=1S/C18H24O/c1-4-6-17(3)14(19)5-7-18-10-13-8-12(15(17)18)9-16(13,2)11-18/h4-5,7,12-13,15H,1,6,8-11H2,2-3H3. The molecule has 6 unspecified atom stereocenters. The van der Waals surface area contributed by atoms with E-state index in [0.717, 1.165) is 18.3 Å². The van der Waals surface area contributed by atoms with Crippen molar-refractivity contribution < 1.29 is 4.79 Å². The van der Waals surface area contributed by atoms with E-state index in [-0.39, 0.29) is 5.41 Å². The fourth-order valence-corrected chi connectivity index (χ4v) is 6.79. The smallest absolute Gasteiger partial charge is 0.161 e. The number of rotatable bonds is 2. The van der Waals surface area contributed by atoms with Crippen LogP contribution in [0.4, 0.5) is 0 Å². The van der Waals surface area contributed by atoms with Crippen molar-refractivity contribution in [1.29, 1.82) is 0 Å². The number of ketones is 1. The lowest BCUT2D eigenvalue weighted by molar-refractivity contribution is -0.136. The van der Waals surface area contributed by atoms with E-state index < -0.39 is 0 Å². The molecule has 0 N–H and O–H groups in total. The molecule has 4 fully saturated rings. The van der Waals surface area contributed by atoms with Gasteiger partial charge in [0.1, 0.15) is 0 Å². The molecular formula is C18H24O. The van der Waals surface area contributed by atoms with Crippen molar-refractivity contribution in [3.05, 3.63) is 24.8 Å². The highest BCUT2D eigenvalue weighted by Gasteiger charge is 2.70. The van der Waals surface area contributed by atoms with E-state index in [1.54, 1.807) is 0 Å². The summed E-state index contributed by atoms with van der Waals surface area (Å²) in [5, 5.41) is 0. The number of hydrogen-bond donors (Lipinski definition) is 0. The predicted molar refractivity (Wildman–Crippen MR) is 76.5 cm³/mol. The third kappa shape index (κ3) is 1.21. The summed E-state index contributed by atoms with van der Waals surface area (Å²) in [6, 6.07) is 0. The molecule has 102 valence electrons. The first-order chi connectivity index (χ1) is 8.94. The molecule has 0 saturated heterocycles. The SMILES string of the molecule is C=CCC1(C)C(=O)C=CC23CC4CC(CC4(C)C2)C31. The first kappa shape index (κ1) is 11.9. The van der Waals surface area contributed by atoms with Gasteiger partial charge in [-0.15, -0.1) is 6.58 Å². The second-order valence-corrected chi connectivity index (χ2v) is 8.25. The van der Waals surface area contributed by atoms with Crippen LogP contribution in [0.2, 0.25) is 0 Å². The van der Waals surface area contributed by atoms with E-state index in [2.05, 4.69) is 26.5 Å². The lowest BCUT2D eigenvalue weighted by Crippen LogP contribution is -2.52. The minimum absolute atomic E-state index is 0.183. The van der Waals surface area contributed by atoms with Crippen molar-refractivity contribution in [3.8, 4) is 0 Å². The van der Waals surface area contributed by atoms with Gasteiger partial charge < -0.3 is 0 Å². The molecule has 5 rings (SSSR count). The lowest BCUT2D eigenvalue weighted by atomic mass is 9.47. The van der Waals surface area contributed by atoms with E-state index in [1.165, 1.54) is 25.7 Å². The maximum absolute atomic E-state index is 12.5. The van der Waals surface area contributed by atoms with Crippen molar-refractivity contribution in [2.75, 3.05) is 0 Å². The summed E-state index contributed by atoms with van der Waals surface area (Å²) < 4.78 is 0. The highest BCUT2D eigenvalue weighted by Crippen LogP contribution is 2.76. The van der Waals surface area contributed by atoms with Gasteiger partial charge >= 0.3 is 0 Å². The van der Waals surface area contributed by atoms with Crippen LogP contribution in [-0.4, -0.2) is 5.78 Å². The van der Waals surface area contributed by atoms with Gasteiger partial charge in [0.2, 0.25) is 0 Å². The molecule has 0 radical (unpaired) electrons. The van der Waals surface area contributed by atoms with Gasteiger partial charge in [-0.3, -0.25) is 4.79 Å². The molecule has 5 aliphatic carbocycles. The van der Waals surface area contributed by atoms with Crippen LogP contribution in [-0.2, 0) is 4.79 Å². The zero-order valence-corrected chi connectivity index (χ0v) is 12.1. The van der Waals surface area contributed by atoms with Gasteiger partial charge in [0.25, 0.3) is 0 Å². The fourth-order valence-electron chi connectivity index (χ4n) is 6.79. The molecule has 1 spiro atoms.